The van der Waals surface area contributed by atoms with E-state index in [0.29, 0.717) is 11.8 Å². The van der Waals surface area contributed by atoms with Crippen molar-refractivity contribution < 1.29 is 31.2 Å². The Bertz CT molecular complexity index is 809. The summed E-state index contributed by atoms with van der Waals surface area (Å²) in [7, 11) is -4.07. The molecule has 0 aliphatic carbocycles. The lowest BCUT2D eigenvalue weighted by Gasteiger charge is -2.26. The topological polar surface area (TPSA) is 102 Å². The van der Waals surface area contributed by atoms with Gasteiger partial charge < -0.3 is 5.73 Å². The Kier molecular flexibility index (Phi) is 5.94. The van der Waals surface area contributed by atoms with Gasteiger partial charge in [-0.15, -0.1) is 0 Å². The number of primary amides is 1. The SMILES string of the molecule is CC(ONC1=CCN(S(=O)(=O)c2cccc(C(F)(F)F)c2)CC1)C(N)=O. The van der Waals surface area contributed by atoms with Gasteiger partial charge >= 0.3 is 6.18 Å². The van der Waals surface area contributed by atoms with Gasteiger partial charge in [0.1, 0.15) is 0 Å². The van der Waals surface area contributed by atoms with Crippen LogP contribution in [0.5, 0.6) is 0 Å². The highest BCUT2D eigenvalue weighted by Crippen LogP contribution is 2.31. The van der Waals surface area contributed by atoms with Gasteiger partial charge in [0.05, 0.1) is 10.5 Å². The van der Waals surface area contributed by atoms with Gasteiger partial charge in [-0.1, -0.05) is 6.07 Å². The summed E-state index contributed by atoms with van der Waals surface area (Å²) >= 11 is 0. The number of halogens is 3. The van der Waals surface area contributed by atoms with E-state index in [1.807, 2.05) is 0 Å². The second kappa shape index (κ2) is 7.64. The molecule has 0 saturated carbocycles. The van der Waals surface area contributed by atoms with E-state index in [1.165, 1.54) is 13.0 Å². The maximum Gasteiger partial charge on any atom is 0.416 e. The van der Waals surface area contributed by atoms with Crippen LogP contribution in [-0.4, -0.2) is 37.8 Å². The summed E-state index contributed by atoms with van der Waals surface area (Å²) in [6, 6.07) is 3.61. The molecule has 1 amide bonds. The second-order valence-corrected chi connectivity index (χ2v) is 7.57. The van der Waals surface area contributed by atoms with Crippen LogP contribution in [0.3, 0.4) is 0 Å². The molecule has 1 aliphatic rings. The quantitative estimate of drug-likeness (QED) is 0.711. The van der Waals surface area contributed by atoms with Gasteiger partial charge in [-0.05, 0) is 31.2 Å². The standard InChI is InChI=1S/C15H18F3N3O4S/c1-10(14(19)22)25-20-12-5-7-21(8-6-12)26(23,24)13-4-2-3-11(9-13)15(16,17)18/h2-5,9-10,20H,6-8H2,1H3,(H2,19,22). The number of hydrogen-bond acceptors (Lipinski definition) is 5. The number of carbonyl (C=O) groups is 1. The minimum absolute atomic E-state index is 0.0464. The normalized spacial score (nSPS) is 17.5. The molecular formula is C15H18F3N3O4S. The van der Waals surface area contributed by atoms with Crippen molar-refractivity contribution in [3.8, 4) is 0 Å². The number of benzene rings is 1. The lowest BCUT2D eigenvalue weighted by Crippen LogP contribution is -2.38. The number of amides is 1. The third-order valence-corrected chi connectivity index (χ3v) is 5.60. The van der Waals surface area contributed by atoms with E-state index in [9.17, 15) is 26.4 Å². The molecule has 0 aromatic heterocycles. The van der Waals surface area contributed by atoms with Crippen LogP contribution in [0.1, 0.15) is 18.9 Å². The highest BCUT2D eigenvalue weighted by Gasteiger charge is 2.33. The third kappa shape index (κ3) is 4.74. The van der Waals surface area contributed by atoms with Crippen LogP contribution in [0.4, 0.5) is 13.2 Å². The van der Waals surface area contributed by atoms with Crippen molar-refractivity contribution in [1.82, 2.24) is 9.79 Å². The zero-order valence-corrected chi connectivity index (χ0v) is 14.6. The molecule has 7 nitrogen and oxygen atoms in total. The molecule has 0 radical (unpaired) electrons. The molecule has 1 atom stereocenters. The fourth-order valence-corrected chi connectivity index (χ4v) is 3.59. The molecule has 144 valence electrons. The lowest BCUT2D eigenvalue weighted by molar-refractivity contribution is -0.137. The smallest absolute Gasteiger partial charge is 0.367 e. The second-order valence-electron chi connectivity index (χ2n) is 5.63. The van der Waals surface area contributed by atoms with Crippen molar-refractivity contribution in [3.63, 3.8) is 0 Å². The summed E-state index contributed by atoms with van der Waals surface area (Å²) in [5.41, 5.74) is 7.10. The van der Waals surface area contributed by atoms with E-state index in [2.05, 4.69) is 5.48 Å². The Balaban J connectivity index is 2.09. The van der Waals surface area contributed by atoms with Crippen LogP contribution in [-0.2, 0) is 25.8 Å². The van der Waals surface area contributed by atoms with Gasteiger partial charge in [0.25, 0.3) is 0 Å². The van der Waals surface area contributed by atoms with E-state index in [1.54, 1.807) is 0 Å². The van der Waals surface area contributed by atoms with Gasteiger partial charge in [-0.25, -0.2) is 8.42 Å². The number of nitrogens with zero attached hydrogens (tertiary/aromatic N) is 1. The number of hydroxylamine groups is 1. The lowest BCUT2D eigenvalue weighted by atomic mass is 10.2. The molecule has 0 saturated heterocycles. The van der Waals surface area contributed by atoms with Gasteiger partial charge in [-0.2, -0.15) is 17.5 Å². The highest BCUT2D eigenvalue weighted by atomic mass is 32.2. The van der Waals surface area contributed by atoms with Crippen LogP contribution in [0.2, 0.25) is 0 Å². The molecule has 11 heteroatoms. The predicted molar refractivity (Wildman–Crippen MR) is 85.8 cm³/mol. The minimum Gasteiger partial charge on any atom is -0.367 e. The Morgan fingerprint density at radius 1 is 1.38 bits per heavy atom. The van der Waals surface area contributed by atoms with Crippen molar-refractivity contribution in [3.05, 3.63) is 41.6 Å². The van der Waals surface area contributed by atoms with Crippen LogP contribution in [0.15, 0.2) is 40.9 Å². The molecular weight excluding hydrogens is 375 g/mol. The fourth-order valence-electron chi connectivity index (χ4n) is 2.17. The molecule has 1 aromatic carbocycles. The number of sulfonamides is 1. The molecule has 1 aliphatic heterocycles. The Labute approximate surface area is 148 Å². The number of nitrogens with one attached hydrogen (secondary N) is 1. The molecule has 1 aromatic rings. The summed E-state index contributed by atoms with van der Waals surface area (Å²) in [5.74, 6) is -0.664. The predicted octanol–water partition coefficient (Wildman–Crippen LogP) is 1.38. The summed E-state index contributed by atoms with van der Waals surface area (Å²) in [6.45, 7) is 1.45. The van der Waals surface area contributed by atoms with Crippen molar-refractivity contribution in [2.75, 3.05) is 13.1 Å². The van der Waals surface area contributed by atoms with Crippen LogP contribution >= 0.6 is 0 Å². The number of carbonyl (C=O) groups excluding carboxylic acids is 1. The fraction of sp³-hybridized carbons (Fsp3) is 0.400. The maximum atomic E-state index is 12.8. The van der Waals surface area contributed by atoms with Gasteiger partial charge in [-0.3, -0.25) is 15.1 Å². The molecule has 0 fully saturated rings. The van der Waals surface area contributed by atoms with E-state index >= 15 is 0 Å². The van der Waals surface area contributed by atoms with Crippen LogP contribution in [0, 0.1) is 0 Å². The average molecular weight is 393 g/mol. The minimum atomic E-state index is -4.63. The first-order valence-electron chi connectivity index (χ1n) is 7.59. The molecule has 0 spiro atoms. The molecule has 0 bridgehead atoms. The monoisotopic (exact) mass is 393 g/mol. The van der Waals surface area contributed by atoms with E-state index < -0.39 is 38.7 Å². The number of nitrogens with two attached hydrogens (primary N) is 1. The number of hydrogen-bond donors (Lipinski definition) is 2. The Morgan fingerprint density at radius 3 is 2.62 bits per heavy atom. The maximum absolute atomic E-state index is 12.8. The zero-order chi connectivity index (χ0) is 19.5. The average Bonchev–Trinajstić information content (AvgIpc) is 2.59. The summed E-state index contributed by atoms with van der Waals surface area (Å²) in [4.78, 5) is 15.5. The first-order chi connectivity index (χ1) is 12.0. The Hall–Kier alpha value is -2.11. The first kappa shape index (κ1) is 20.2. The van der Waals surface area contributed by atoms with Gasteiger partial charge in [0, 0.05) is 25.2 Å². The van der Waals surface area contributed by atoms with Crippen LogP contribution < -0.4 is 11.2 Å². The molecule has 3 N–H and O–H groups in total. The number of alkyl halides is 3. The number of rotatable bonds is 6. The van der Waals surface area contributed by atoms with Crippen molar-refractivity contribution in [2.45, 2.75) is 30.5 Å². The zero-order valence-electron chi connectivity index (χ0n) is 13.8. The van der Waals surface area contributed by atoms with Crippen LogP contribution in [0.25, 0.3) is 0 Å². The summed E-state index contributed by atoms with van der Waals surface area (Å²) in [5, 5.41) is 0. The molecule has 1 unspecified atom stereocenters. The molecule has 2 rings (SSSR count). The summed E-state index contributed by atoms with van der Waals surface area (Å²) in [6.07, 6.45) is -3.74. The summed E-state index contributed by atoms with van der Waals surface area (Å²) < 4.78 is 64.5. The molecule has 26 heavy (non-hydrogen) atoms. The van der Waals surface area contributed by atoms with E-state index in [-0.39, 0.29) is 19.5 Å². The van der Waals surface area contributed by atoms with E-state index in [4.69, 9.17) is 10.6 Å². The van der Waals surface area contributed by atoms with Crippen molar-refractivity contribution >= 4 is 15.9 Å². The van der Waals surface area contributed by atoms with Gasteiger partial charge in [0.2, 0.25) is 15.9 Å². The largest absolute Gasteiger partial charge is 0.416 e. The third-order valence-electron chi connectivity index (χ3n) is 3.74. The van der Waals surface area contributed by atoms with Gasteiger partial charge in [0.15, 0.2) is 6.10 Å². The Morgan fingerprint density at radius 2 is 2.08 bits per heavy atom. The molecule has 1 heterocycles. The van der Waals surface area contributed by atoms with Crippen molar-refractivity contribution in [2.24, 2.45) is 5.73 Å². The van der Waals surface area contributed by atoms with Crippen molar-refractivity contribution in [1.29, 1.82) is 0 Å². The van der Waals surface area contributed by atoms with E-state index in [0.717, 1.165) is 22.5 Å². The highest BCUT2D eigenvalue weighted by molar-refractivity contribution is 7.89. The first-order valence-corrected chi connectivity index (χ1v) is 9.03.